The van der Waals surface area contributed by atoms with E-state index >= 15 is 0 Å². The van der Waals surface area contributed by atoms with Crippen LogP contribution in [0.3, 0.4) is 0 Å². The molecule has 4 nitrogen and oxygen atoms in total. The smallest absolute Gasteiger partial charge is 0.456 e. The fourth-order valence-corrected chi connectivity index (χ4v) is 1.97. The van der Waals surface area contributed by atoms with E-state index in [4.69, 9.17) is 4.74 Å². The van der Waals surface area contributed by atoms with Gasteiger partial charge in [-0.2, -0.15) is 0 Å². The lowest BCUT2D eigenvalue weighted by molar-refractivity contribution is 0.00677. The molecular weight excluding hydrogens is 243 g/mol. The van der Waals surface area contributed by atoms with Gasteiger partial charge in [0.1, 0.15) is 5.60 Å². The third kappa shape index (κ3) is 3.82. The average Bonchev–Trinajstić information content (AvgIpc) is 2.25. The van der Waals surface area contributed by atoms with Gasteiger partial charge in [-0.1, -0.05) is 19.1 Å². The number of esters is 1. The van der Waals surface area contributed by atoms with Crippen molar-refractivity contribution in [2.24, 2.45) is 0 Å². The summed E-state index contributed by atoms with van der Waals surface area (Å²) in [5, 5.41) is 18.6. The summed E-state index contributed by atoms with van der Waals surface area (Å²) in [6, 6.07) is 3.37. The minimum absolute atomic E-state index is 0.332. The van der Waals surface area contributed by atoms with E-state index < -0.39 is 18.7 Å². The van der Waals surface area contributed by atoms with Crippen molar-refractivity contribution >= 4 is 18.6 Å². The molecule has 0 amide bonds. The maximum absolute atomic E-state index is 12.3. The molecule has 104 valence electrons. The maximum atomic E-state index is 12.3. The Morgan fingerprint density at radius 1 is 1.32 bits per heavy atom. The summed E-state index contributed by atoms with van der Waals surface area (Å²) in [4.78, 5) is 12.3. The van der Waals surface area contributed by atoms with Crippen LogP contribution in [0.5, 0.6) is 0 Å². The fraction of sp³-hybridized carbons (Fsp3) is 0.500. The van der Waals surface area contributed by atoms with Crippen LogP contribution in [0, 0.1) is 6.92 Å². The molecule has 0 heterocycles. The van der Waals surface area contributed by atoms with Crippen molar-refractivity contribution in [3.63, 3.8) is 0 Å². The number of aryl methyl sites for hydroxylation is 1. The van der Waals surface area contributed by atoms with E-state index in [2.05, 4.69) is 0 Å². The van der Waals surface area contributed by atoms with Gasteiger partial charge in [-0.3, -0.25) is 0 Å². The van der Waals surface area contributed by atoms with Crippen LogP contribution in [0.4, 0.5) is 0 Å². The average molecular weight is 264 g/mol. The lowest BCUT2D eigenvalue weighted by atomic mass is 9.75. The summed E-state index contributed by atoms with van der Waals surface area (Å²) in [6.45, 7) is 9.05. The molecule has 0 saturated heterocycles. The Morgan fingerprint density at radius 3 is 2.32 bits per heavy atom. The van der Waals surface area contributed by atoms with Crippen LogP contribution in [0.1, 0.15) is 49.2 Å². The SMILES string of the molecule is CCc1ccc(B(O)O)c(C)c1C(=O)OC(C)(C)C. The van der Waals surface area contributed by atoms with Crippen molar-refractivity contribution in [2.75, 3.05) is 0 Å². The van der Waals surface area contributed by atoms with E-state index in [-0.39, 0.29) is 0 Å². The van der Waals surface area contributed by atoms with Crippen LogP contribution in [0.25, 0.3) is 0 Å². The van der Waals surface area contributed by atoms with Gasteiger partial charge in [-0.25, -0.2) is 4.79 Å². The van der Waals surface area contributed by atoms with Crippen molar-refractivity contribution in [1.82, 2.24) is 0 Å². The second kappa shape index (κ2) is 5.76. The second-order valence-corrected chi connectivity index (χ2v) is 5.54. The normalized spacial score (nSPS) is 11.3. The van der Waals surface area contributed by atoms with Gasteiger partial charge in [0, 0.05) is 0 Å². The summed E-state index contributed by atoms with van der Waals surface area (Å²) in [5.74, 6) is -0.427. The van der Waals surface area contributed by atoms with Gasteiger partial charge < -0.3 is 14.8 Å². The van der Waals surface area contributed by atoms with Crippen LogP contribution >= 0.6 is 0 Å². The highest BCUT2D eigenvalue weighted by atomic mass is 16.6. The molecular formula is C14H21BO4. The second-order valence-electron chi connectivity index (χ2n) is 5.54. The first-order valence-electron chi connectivity index (χ1n) is 6.39. The summed E-state index contributed by atoms with van der Waals surface area (Å²) < 4.78 is 5.38. The van der Waals surface area contributed by atoms with E-state index in [0.29, 0.717) is 23.0 Å². The van der Waals surface area contributed by atoms with Crippen molar-refractivity contribution in [3.8, 4) is 0 Å². The number of hydrogen-bond donors (Lipinski definition) is 2. The third-order valence-electron chi connectivity index (χ3n) is 2.86. The highest BCUT2D eigenvalue weighted by Crippen LogP contribution is 2.19. The van der Waals surface area contributed by atoms with Crippen LogP contribution in [0.2, 0.25) is 0 Å². The molecule has 0 unspecified atom stereocenters. The lowest BCUT2D eigenvalue weighted by Gasteiger charge is -2.22. The molecule has 0 aromatic heterocycles. The molecule has 0 radical (unpaired) electrons. The van der Waals surface area contributed by atoms with Crippen LogP contribution in [-0.4, -0.2) is 28.7 Å². The molecule has 1 aromatic carbocycles. The van der Waals surface area contributed by atoms with Gasteiger partial charge in [-0.15, -0.1) is 0 Å². The minimum Gasteiger partial charge on any atom is -0.456 e. The van der Waals surface area contributed by atoms with Gasteiger partial charge in [0.25, 0.3) is 0 Å². The summed E-state index contributed by atoms with van der Waals surface area (Å²) in [7, 11) is -1.59. The van der Waals surface area contributed by atoms with Gasteiger partial charge in [0.05, 0.1) is 5.56 Å². The molecule has 1 rings (SSSR count). The van der Waals surface area contributed by atoms with Gasteiger partial charge in [0.2, 0.25) is 0 Å². The van der Waals surface area contributed by atoms with Gasteiger partial charge in [0.15, 0.2) is 0 Å². The predicted molar refractivity (Wildman–Crippen MR) is 75.6 cm³/mol. The van der Waals surface area contributed by atoms with E-state index in [1.165, 1.54) is 0 Å². The Bertz CT molecular complexity index is 475. The van der Waals surface area contributed by atoms with Crippen molar-refractivity contribution in [1.29, 1.82) is 0 Å². The van der Waals surface area contributed by atoms with Crippen molar-refractivity contribution < 1.29 is 19.6 Å². The number of benzene rings is 1. The lowest BCUT2D eigenvalue weighted by Crippen LogP contribution is -2.35. The molecule has 1 aromatic rings. The zero-order chi connectivity index (χ0) is 14.8. The van der Waals surface area contributed by atoms with E-state index in [0.717, 1.165) is 5.56 Å². The summed E-state index contributed by atoms with van der Waals surface area (Å²) in [6.07, 6.45) is 0.678. The van der Waals surface area contributed by atoms with Crippen molar-refractivity contribution in [3.05, 3.63) is 28.8 Å². The van der Waals surface area contributed by atoms with Crippen LogP contribution in [-0.2, 0) is 11.2 Å². The zero-order valence-corrected chi connectivity index (χ0v) is 12.2. The Balaban J connectivity index is 3.31. The Kier molecular flexibility index (Phi) is 4.77. The van der Waals surface area contributed by atoms with E-state index in [1.807, 2.05) is 6.92 Å². The molecule has 0 bridgehead atoms. The maximum Gasteiger partial charge on any atom is 0.488 e. The number of hydrogen-bond acceptors (Lipinski definition) is 4. The first-order valence-corrected chi connectivity index (χ1v) is 6.39. The third-order valence-corrected chi connectivity index (χ3v) is 2.86. The molecule has 0 aliphatic heterocycles. The molecule has 2 N–H and O–H groups in total. The number of ether oxygens (including phenoxy) is 1. The molecule has 19 heavy (non-hydrogen) atoms. The first-order chi connectivity index (χ1) is 8.67. The van der Waals surface area contributed by atoms with E-state index in [1.54, 1.807) is 39.8 Å². The largest absolute Gasteiger partial charge is 0.488 e. The van der Waals surface area contributed by atoms with Crippen molar-refractivity contribution in [2.45, 2.75) is 46.6 Å². The monoisotopic (exact) mass is 264 g/mol. The van der Waals surface area contributed by atoms with Crippen LogP contribution < -0.4 is 5.46 Å². The highest BCUT2D eigenvalue weighted by molar-refractivity contribution is 6.59. The Hall–Kier alpha value is -1.33. The molecule has 0 atom stereocenters. The summed E-state index contributed by atoms with van der Waals surface area (Å²) >= 11 is 0. The molecule has 0 aliphatic rings. The van der Waals surface area contributed by atoms with Gasteiger partial charge >= 0.3 is 13.1 Å². The first kappa shape index (κ1) is 15.7. The quantitative estimate of drug-likeness (QED) is 0.635. The molecule has 0 fully saturated rings. The predicted octanol–water partition coefficient (Wildman–Crippen LogP) is 1.19. The number of rotatable bonds is 3. The standard InChI is InChI=1S/C14H21BO4/c1-6-10-7-8-11(15(17)18)9(2)12(10)13(16)19-14(3,4)5/h7-8,17-18H,6H2,1-5H3. The Labute approximate surface area is 114 Å². The highest BCUT2D eigenvalue weighted by Gasteiger charge is 2.25. The molecule has 0 aliphatic carbocycles. The summed E-state index contributed by atoms with van der Waals surface area (Å²) in [5.41, 5.74) is 1.59. The zero-order valence-electron chi connectivity index (χ0n) is 12.2. The Morgan fingerprint density at radius 2 is 1.89 bits per heavy atom. The minimum atomic E-state index is -1.59. The number of carbonyl (C=O) groups excluding carboxylic acids is 1. The number of carbonyl (C=O) groups is 1. The van der Waals surface area contributed by atoms with E-state index in [9.17, 15) is 14.8 Å². The van der Waals surface area contributed by atoms with Gasteiger partial charge in [-0.05, 0) is 50.7 Å². The fourth-order valence-electron chi connectivity index (χ4n) is 1.97. The molecule has 5 heteroatoms. The molecule has 0 saturated carbocycles. The topological polar surface area (TPSA) is 66.8 Å². The van der Waals surface area contributed by atoms with Crippen LogP contribution in [0.15, 0.2) is 12.1 Å². The molecule has 0 spiro atoms.